The van der Waals surface area contributed by atoms with Gasteiger partial charge in [-0.25, -0.2) is 4.85 Å². The van der Waals surface area contributed by atoms with Crippen LogP contribution in [0.2, 0.25) is 0 Å². The summed E-state index contributed by atoms with van der Waals surface area (Å²) in [6, 6.07) is 74.5. The summed E-state index contributed by atoms with van der Waals surface area (Å²) in [5.41, 5.74) is 12.1. The quantitative estimate of drug-likeness (QED) is 0.165. The zero-order valence-corrected chi connectivity index (χ0v) is 36.7. The van der Waals surface area contributed by atoms with Gasteiger partial charge in [-0.05, 0) is 54.6 Å². The van der Waals surface area contributed by atoms with Crippen LogP contribution in [0.25, 0.3) is 137 Å². The third-order valence-electron chi connectivity index (χ3n) is 14.4. The van der Waals surface area contributed by atoms with Crippen molar-refractivity contribution in [3.05, 3.63) is 223 Å². The minimum Gasteiger partial charge on any atom is -0.454 e. The lowest BCUT2D eigenvalue weighted by Gasteiger charge is -2.28. The number of aromatic nitrogens is 4. The van der Waals surface area contributed by atoms with Gasteiger partial charge in [0.2, 0.25) is 5.69 Å². The van der Waals surface area contributed by atoms with E-state index >= 15 is 0 Å². The van der Waals surface area contributed by atoms with Gasteiger partial charge in [0.1, 0.15) is 5.58 Å². The van der Waals surface area contributed by atoms with E-state index < -0.39 is 0 Å². The zero-order chi connectivity index (χ0) is 45.5. The SMILES string of the molecule is [C-]#[N+]c1c(C#N)c(-n2c3ccccc3c3ccc4c5ccccc5oc4c32)c(-n2c3ccccc3c3ccccc32)c(-n2c3ccccc3c3ccccc32)c1-n1c2ccccc2c2ccccc21. The molecule has 0 aliphatic heterocycles. The molecular weight excluding hydrogens is 845 g/mol. The van der Waals surface area contributed by atoms with Gasteiger partial charge in [-0.3, -0.25) is 0 Å². The van der Waals surface area contributed by atoms with Crippen molar-refractivity contribution in [3.63, 3.8) is 0 Å². The molecule has 15 rings (SSSR count). The molecule has 0 aliphatic carbocycles. The van der Waals surface area contributed by atoms with Crippen LogP contribution in [0.5, 0.6) is 0 Å². The van der Waals surface area contributed by atoms with Gasteiger partial charge >= 0.3 is 0 Å². The van der Waals surface area contributed by atoms with Gasteiger partial charge in [0.05, 0.1) is 85.1 Å². The van der Waals surface area contributed by atoms with Gasteiger partial charge in [0.15, 0.2) is 5.58 Å². The van der Waals surface area contributed by atoms with Crippen LogP contribution in [0, 0.1) is 17.9 Å². The van der Waals surface area contributed by atoms with Gasteiger partial charge < -0.3 is 22.7 Å². The summed E-state index contributed by atoms with van der Waals surface area (Å²) >= 11 is 0. The summed E-state index contributed by atoms with van der Waals surface area (Å²) in [4.78, 5) is 4.56. The number of nitriles is 1. The van der Waals surface area contributed by atoms with Crippen LogP contribution in [0.1, 0.15) is 5.56 Å². The first-order valence-corrected chi connectivity index (χ1v) is 23.0. The van der Waals surface area contributed by atoms with Crippen molar-refractivity contribution >= 4 is 115 Å². The number of para-hydroxylation sites is 8. The Morgan fingerprint density at radius 1 is 0.348 bits per heavy atom. The van der Waals surface area contributed by atoms with E-state index in [0.29, 0.717) is 17.0 Å². The second-order valence-corrected chi connectivity index (χ2v) is 17.7. The molecule has 7 heteroatoms. The average Bonchev–Trinajstić information content (AvgIpc) is 4.21. The second-order valence-electron chi connectivity index (χ2n) is 17.7. The topological polar surface area (TPSA) is 61.0 Å². The second kappa shape index (κ2) is 13.9. The van der Waals surface area contributed by atoms with Crippen molar-refractivity contribution in [1.82, 2.24) is 18.3 Å². The highest BCUT2D eigenvalue weighted by Gasteiger charge is 2.35. The van der Waals surface area contributed by atoms with Crippen molar-refractivity contribution in [2.75, 3.05) is 0 Å². The van der Waals surface area contributed by atoms with Crippen molar-refractivity contribution in [2.24, 2.45) is 0 Å². The maximum absolute atomic E-state index is 12.2. The Labute approximate surface area is 393 Å². The predicted octanol–water partition coefficient (Wildman–Crippen LogP) is 16.4. The molecule has 0 radical (unpaired) electrons. The summed E-state index contributed by atoms with van der Waals surface area (Å²) in [6.45, 7) is 9.47. The molecule has 0 unspecified atom stereocenters. The average molecular weight is 879 g/mol. The van der Waals surface area contributed by atoms with E-state index in [9.17, 15) is 11.8 Å². The van der Waals surface area contributed by atoms with Crippen LogP contribution in [0.15, 0.2) is 211 Å². The minimum absolute atomic E-state index is 0.239. The molecule has 0 bridgehead atoms. The van der Waals surface area contributed by atoms with Crippen LogP contribution in [-0.2, 0) is 0 Å². The van der Waals surface area contributed by atoms with Crippen LogP contribution in [0.4, 0.5) is 5.69 Å². The molecule has 7 nitrogen and oxygen atoms in total. The molecule has 0 atom stereocenters. The van der Waals surface area contributed by atoms with Crippen LogP contribution in [0.3, 0.4) is 0 Å². The molecule has 5 heterocycles. The summed E-state index contributed by atoms with van der Waals surface area (Å²) in [7, 11) is 0. The molecule has 69 heavy (non-hydrogen) atoms. The number of benzene rings is 10. The molecule has 0 saturated heterocycles. The van der Waals surface area contributed by atoms with Gasteiger partial charge in [-0.1, -0.05) is 152 Å². The fourth-order valence-electron chi connectivity index (χ4n) is 11.7. The monoisotopic (exact) mass is 878 g/mol. The van der Waals surface area contributed by atoms with Crippen molar-refractivity contribution in [2.45, 2.75) is 0 Å². The van der Waals surface area contributed by atoms with E-state index in [1.165, 1.54) is 0 Å². The first-order valence-electron chi connectivity index (χ1n) is 23.0. The molecule has 0 spiro atoms. The molecule has 0 saturated carbocycles. The molecule has 5 aromatic heterocycles. The Kier molecular flexibility index (Phi) is 7.51. The fraction of sp³-hybridized carbons (Fsp3) is 0. The summed E-state index contributed by atoms with van der Waals surface area (Å²) < 4.78 is 16.1. The number of hydrogen-bond acceptors (Lipinski definition) is 2. The van der Waals surface area contributed by atoms with Gasteiger partial charge in [-0.2, -0.15) is 5.26 Å². The van der Waals surface area contributed by atoms with E-state index in [1.807, 2.05) is 18.2 Å². The molecule has 0 fully saturated rings. The van der Waals surface area contributed by atoms with E-state index in [-0.39, 0.29) is 11.3 Å². The smallest absolute Gasteiger partial charge is 0.232 e. The summed E-state index contributed by atoms with van der Waals surface area (Å²) in [5, 5.41) is 22.5. The van der Waals surface area contributed by atoms with Gasteiger partial charge in [0.25, 0.3) is 0 Å². The van der Waals surface area contributed by atoms with Crippen molar-refractivity contribution < 1.29 is 4.42 Å². The lowest BCUT2D eigenvalue weighted by atomic mass is 10.0. The Morgan fingerprint density at radius 3 is 1.10 bits per heavy atom. The largest absolute Gasteiger partial charge is 0.454 e. The van der Waals surface area contributed by atoms with Gasteiger partial charge in [0, 0.05) is 53.9 Å². The first kappa shape index (κ1) is 37.4. The number of furan rings is 1. The van der Waals surface area contributed by atoms with E-state index in [2.05, 4.69) is 217 Å². The Bertz CT molecular complexity index is 4660. The highest BCUT2D eigenvalue weighted by atomic mass is 16.3. The summed E-state index contributed by atoms with van der Waals surface area (Å²) in [5.74, 6) is 0. The maximum Gasteiger partial charge on any atom is 0.232 e. The molecule has 318 valence electrons. The number of hydrogen-bond donors (Lipinski definition) is 0. The lowest BCUT2D eigenvalue weighted by Crippen LogP contribution is -2.15. The third-order valence-corrected chi connectivity index (χ3v) is 14.4. The zero-order valence-electron chi connectivity index (χ0n) is 36.7. The van der Waals surface area contributed by atoms with Crippen molar-refractivity contribution in [3.8, 4) is 28.8 Å². The maximum atomic E-state index is 12.2. The molecule has 0 amide bonds. The van der Waals surface area contributed by atoms with Crippen LogP contribution < -0.4 is 0 Å². The Hall–Kier alpha value is -9.82. The first-order chi connectivity index (χ1) is 34.2. The Balaban J connectivity index is 1.31. The molecular formula is C62H34N6O. The van der Waals surface area contributed by atoms with E-state index in [1.54, 1.807) is 0 Å². The van der Waals surface area contributed by atoms with E-state index in [4.69, 9.17) is 4.42 Å². The Morgan fingerprint density at radius 2 is 0.681 bits per heavy atom. The molecule has 0 N–H and O–H groups in total. The predicted molar refractivity (Wildman–Crippen MR) is 282 cm³/mol. The van der Waals surface area contributed by atoms with Crippen molar-refractivity contribution in [1.29, 1.82) is 5.26 Å². The van der Waals surface area contributed by atoms with E-state index in [0.717, 1.165) is 115 Å². The highest BCUT2D eigenvalue weighted by molar-refractivity contribution is 6.23. The molecule has 10 aromatic carbocycles. The summed E-state index contributed by atoms with van der Waals surface area (Å²) in [6.07, 6.45) is 0. The normalized spacial score (nSPS) is 12.0. The number of fused-ring (bicyclic) bond motifs is 16. The molecule has 0 aliphatic rings. The number of rotatable bonds is 4. The third kappa shape index (κ3) is 4.82. The highest BCUT2D eigenvalue weighted by Crippen LogP contribution is 2.52. The fourth-order valence-corrected chi connectivity index (χ4v) is 11.7. The minimum atomic E-state index is 0.239. The van der Waals surface area contributed by atoms with Crippen LogP contribution >= 0.6 is 0 Å². The number of nitrogens with zero attached hydrogens (tertiary/aromatic N) is 6. The molecule has 15 aromatic rings. The standard InChI is InChI=1S/C62H34N6O/c1-64-56-47(36-63)57(68-54-32-16-8-24-43(54)45-34-35-46-44-25-9-17-33-55(44)69-62(46)58(45)68)60(66-50-28-12-4-20-39(50)40-21-5-13-29-51(40)66)61(67-52-30-14-6-22-41(52)42-23-7-15-31-53(42)67)59(56)65-48-26-10-2-18-37(48)38-19-3-11-27-49(38)65/h2-35H. The van der Waals surface area contributed by atoms with Crippen LogP contribution in [-0.4, -0.2) is 18.3 Å². The van der Waals surface area contributed by atoms with Gasteiger partial charge in [-0.15, -0.1) is 0 Å². The lowest BCUT2D eigenvalue weighted by molar-refractivity contribution is 0.671.